The largest absolute Gasteiger partial charge is 0.490 e. The van der Waals surface area contributed by atoms with Crippen LogP contribution in [0.2, 0.25) is 0 Å². The quantitative estimate of drug-likeness (QED) is 0.849. The number of nitrogens with two attached hydrogens (primary N) is 1. The number of primary amides is 1. The molecule has 0 saturated carbocycles. The Kier molecular flexibility index (Phi) is 4.50. The monoisotopic (exact) mass is 316 g/mol. The number of hydrogen-bond acceptors (Lipinski definition) is 4. The normalized spacial score (nSPS) is 20.5. The summed E-state index contributed by atoms with van der Waals surface area (Å²) in [6.45, 7) is 2.25. The molecule has 0 aliphatic carbocycles. The van der Waals surface area contributed by atoms with Gasteiger partial charge in [0.25, 0.3) is 0 Å². The highest BCUT2D eigenvalue weighted by atomic mass is 16.5. The SMILES string of the molecule is NC(=O)C1CCN(C(=O)/C=C/c2ccc3c(c2)OCCCO3)C1. The minimum absolute atomic E-state index is 0.110. The summed E-state index contributed by atoms with van der Waals surface area (Å²) in [4.78, 5) is 25.0. The van der Waals surface area contributed by atoms with Crippen LogP contribution in [-0.4, -0.2) is 43.0 Å². The molecule has 0 spiro atoms. The van der Waals surface area contributed by atoms with Crippen LogP contribution in [0, 0.1) is 5.92 Å². The van der Waals surface area contributed by atoms with Crippen LogP contribution in [0.5, 0.6) is 11.5 Å². The number of carbonyl (C=O) groups excluding carboxylic acids is 2. The van der Waals surface area contributed by atoms with Crippen molar-refractivity contribution in [3.8, 4) is 11.5 Å². The number of amides is 2. The molecule has 6 nitrogen and oxygen atoms in total. The van der Waals surface area contributed by atoms with Crippen LogP contribution in [0.4, 0.5) is 0 Å². The molecule has 0 bridgehead atoms. The van der Waals surface area contributed by atoms with E-state index in [1.165, 1.54) is 6.08 Å². The van der Waals surface area contributed by atoms with Gasteiger partial charge in [0.15, 0.2) is 11.5 Å². The third-order valence-corrected chi connectivity index (χ3v) is 4.09. The second-order valence-corrected chi connectivity index (χ2v) is 5.76. The molecule has 1 aromatic carbocycles. The van der Waals surface area contributed by atoms with E-state index in [1.807, 2.05) is 18.2 Å². The molecule has 1 atom stereocenters. The van der Waals surface area contributed by atoms with E-state index in [-0.39, 0.29) is 17.7 Å². The smallest absolute Gasteiger partial charge is 0.246 e. The maximum absolute atomic E-state index is 12.2. The lowest BCUT2D eigenvalue weighted by Gasteiger charge is -2.13. The Labute approximate surface area is 134 Å². The molecule has 3 rings (SSSR count). The van der Waals surface area contributed by atoms with Crippen LogP contribution in [0.25, 0.3) is 6.08 Å². The Morgan fingerprint density at radius 2 is 2.00 bits per heavy atom. The lowest BCUT2D eigenvalue weighted by atomic mass is 10.1. The van der Waals surface area contributed by atoms with Crippen LogP contribution in [0.3, 0.4) is 0 Å². The summed E-state index contributed by atoms with van der Waals surface area (Å²) in [5.41, 5.74) is 6.15. The molecular formula is C17H20N2O4. The van der Waals surface area contributed by atoms with Crippen molar-refractivity contribution in [1.82, 2.24) is 4.90 Å². The first-order chi connectivity index (χ1) is 11.1. The summed E-state index contributed by atoms with van der Waals surface area (Å²) in [6, 6.07) is 5.60. The summed E-state index contributed by atoms with van der Waals surface area (Å²) in [5.74, 6) is 0.750. The molecule has 1 saturated heterocycles. The van der Waals surface area contributed by atoms with Crippen molar-refractivity contribution in [2.45, 2.75) is 12.8 Å². The molecule has 0 radical (unpaired) electrons. The average molecular weight is 316 g/mol. The Hall–Kier alpha value is -2.50. The van der Waals surface area contributed by atoms with E-state index in [1.54, 1.807) is 11.0 Å². The van der Waals surface area contributed by atoms with E-state index < -0.39 is 0 Å². The van der Waals surface area contributed by atoms with Crippen LogP contribution in [0.15, 0.2) is 24.3 Å². The van der Waals surface area contributed by atoms with Gasteiger partial charge in [0.05, 0.1) is 19.1 Å². The molecule has 122 valence electrons. The fourth-order valence-electron chi connectivity index (χ4n) is 2.75. The van der Waals surface area contributed by atoms with Crippen molar-refractivity contribution in [2.24, 2.45) is 11.7 Å². The summed E-state index contributed by atoms with van der Waals surface area (Å²) in [7, 11) is 0. The molecule has 6 heteroatoms. The van der Waals surface area contributed by atoms with Crippen molar-refractivity contribution in [3.05, 3.63) is 29.8 Å². The van der Waals surface area contributed by atoms with E-state index in [0.29, 0.717) is 38.5 Å². The Morgan fingerprint density at radius 1 is 1.22 bits per heavy atom. The van der Waals surface area contributed by atoms with Gasteiger partial charge in [-0.15, -0.1) is 0 Å². The highest BCUT2D eigenvalue weighted by Crippen LogP contribution is 2.30. The number of carbonyl (C=O) groups is 2. The summed E-state index contributed by atoms with van der Waals surface area (Å²) in [5, 5.41) is 0. The fourth-order valence-corrected chi connectivity index (χ4v) is 2.75. The number of rotatable bonds is 3. The Balaban J connectivity index is 1.65. The zero-order chi connectivity index (χ0) is 16.2. The third kappa shape index (κ3) is 3.64. The first kappa shape index (κ1) is 15.4. The first-order valence-corrected chi connectivity index (χ1v) is 7.79. The van der Waals surface area contributed by atoms with Crippen LogP contribution < -0.4 is 15.2 Å². The number of nitrogens with zero attached hydrogens (tertiary/aromatic N) is 1. The number of ether oxygens (including phenoxy) is 2. The van der Waals surface area contributed by atoms with Gasteiger partial charge in [-0.3, -0.25) is 9.59 Å². The lowest BCUT2D eigenvalue weighted by molar-refractivity contribution is -0.125. The van der Waals surface area contributed by atoms with E-state index in [9.17, 15) is 9.59 Å². The average Bonchev–Trinajstić information content (AvgIpc) is 2.93. The zero-order valence-corrected chi connectivity index (χ0v) is 12.9. The Morgan fingerprint density at radius 3 is 2.74 bits per heavy atom. The van der Waals surface area contributed by atoms with Crippen molar-refractivity contribution in [1.29, 1.82) is 0 Å². The molecule has 2 aliphatic rings. The zero-order valence-electron chi connectivity index (χ0n) is 12.9. The minimum Gasteiger partial charge on any atom is -0.490 e. The predicted octanol–water partition coefficient (Wildman–Crippen LogP) is 1.19. The van der Waals surface area contributed by atoms with Gasteiger partial charge in [0, 0.05) is 25.6 Å². The molecule has 1 aromatic rings. The van der Waals surface area contributed by atoms with Gasteiger partial charge in [0.2, 0.25) is 11.8 Å². The molecule has 23 heavy (non-hydrogen) atoms. The number of benzene rings is 1. The van der Waals surface area contributed by atoms with Crippen molar-refractivity contribution >= 4 is 17.9 Å². The first-order valence-electron chi connectivity index (χ1n) is 7.79. The van der Waals surface area contributed by atoms with Gasteiger partial charge in [-0.1, -0.05) is 6.07 Å². The van der Waals surface area contributed by atoms with Crippen LogP contribution in [0.1, 0.15) is 18.4 Å². The van der Waals surface area contributed by atoms with Crippen molar-refractivity contribution in [3.63, 3.8) is 0 Å². The van der Waals surface area contributed by atoms with E-state index >= 15 is 0 Å². The second kappa shape index (κ2) is 6.73. The number of fused-ring (bicyclic) bond motifs is 1. The standard InChI is InChI=1S/C17H20N2O4/c18-17(21)13-6-7-19(11-13)16(20)5-3-12-2-4-14-15(10-12)23-9-1-8-22-14/h2-5,10,13H,1,6-9,11H2,(H2,18,21)/b5-3+. The van der Waals surface area contributed by atoms with Crippen LogP contribution in [-0.2, 0) is 9.59 Å². The third-order valence-electron chi connectivity index (χ3n) is 4.09. The molecule has 2 N–H and O–H groups in total. The van der Waals surface area contributed by atoms with Gasteiger partial charge < -0.3 is 20.1 Å². The van der Waals surface area contributed by atoms with E-state index in [4.69, 9.17) is 15.2 Å². The van der Waals surface area contributed by atoms with Gasteiger partial charge in [-0.25, -0.2) is 0 Å². The molecule has 1 fully saturated rings. The highest BCUT2D eigenvalue weighted by Gasteiger charge is 2.28. The van der Waals surface area contributed by atoms with Gasteiger partial charge in [-0.05, 0) is 30.2 Å². The van der Waals surface area contributed by atoms with Gasteiger partial charge in [0.1, 0.15) is 0 Å². The molecule has 0 aromatic heterocycles. The maximum atomic E-state index is 12.2. The maximum Gasteiger partial charge on any atom is 0.246 e. The van der Waals surface area contributed by atoms with Gasteiger partial charge >= 0.3 is 0 Å². The molecule has 2 aliphatic heterocycles. The van der Waals surface area contributed by atoms with Crippen molar-refractivity contribution < 1.29 is 19.1 Å². The predicted molar refractivity (Wildman–Crippen MR) is 85.0 cm³/mol. The van der Waals surface area contributed by atoms with Crippen LogP contribution >= 0.6 is 0 Å². The molecule has 2 heterocycles. The van der Waals surface area contributed by atoms with E-state index in [0.717, 1.165) is 17.7 Å². The lowest BCUT2D eigenvalue weighted by Crippen LogP contribution is -2.30. The summed E-state index contributed by atoms with van der Waals surface area (Å²) >= 11 is 0. The molecule has 2 amide bonds. The fraction of sp³-hybridized carbons (Fsp3) is 0.412. The van der Waals surface area contributed by atoms with Crippen molar-refractivity contribution in [2.75, 3.05) is 26.3 Å². The van der Waals surface area contributed by atoms with E-state index in [2.05, 4.69) is 0 Å². The summed E-state index contributed by atoms with van der Waals surface area (Å²) in [6.07, 6.45) is 4.75. The molecular weight excluding hydrogens is 296 g/mol. The molecule has 1 unspecified atom stereocenters. The topological polar surface area (TPSA) is 81.9 Å². The highest BCUT2D eigenvalue weighted by molar-refractivity contribution is 5.92. The number of hydrogen-bond donors (Lipinski definition) is 1. The number of likely N-dealkylation sites (tertiary alicyclic amines) is 1. The Bertz CT molecular complexity index is 641. The minimum atomic E-state index is -0.341. The summed E-state index contributed by atoms with van der Waals surface area (Å²) < 4.78 is 11.2. The van der Waals surface area contributed by atoms with Gasteiger partial charge in [-0.2, -0.15) is 0 Å². The second-order valence-electron chi connectivity index (χ2n) is 5.76.